The van der Waals surface area contributed by atoms with Crippen molar-refractivity contribution in [3.8, 4) is 0 Å². The third-order valence-corrected chi connectivity index (χ3v) is 3.33. The van der Waals surface area contributed by atoms with E-state index in [1.165, 1.54) is 37.7 Å². The summed E-state index contributed by atoms with van der Waals surface area (Å²) in [5.74, 6) is 0. The number of benzene rings is 1. The normalized spacial score (nSPS) is 23.1. The van der Waals surface area contributed by atoms with E-state index in [0.29, 0.717) is 6.04 Å². The van der Waals surface area contributed by atoms with Crippen LogP contribution in [0.15, 0.2) is 24.3 Å². The highest BCUT2D eigenvalue weighted by molar-refractivity contribution is 6.30. The Hall–Kier alpha value is -0.530. The predicted octanol–water partition coefficient (Wildman–Crippen LogP) is 3.93. The molecule has 0 spiro atoms. The van der Waals surface area contributed by atoms with E-state index < -0.39 is 0 Å². The molecule has 0 aliphatic carbocycles. The first-order chi connectivity index (χ1) is 7.36. The van der Waals surface area contributed by atoms with Crippen LogP contribution in [-0.2, 0) is 0 Å². The summed E-state index contributed by atoms with van der Waals surface area (Å²) in [6, 6.07) is 8.78. The van der Waals surface area contributed by atoms with Crippen molar-refractivity contribution in [3.63, 3.8) is 0 Å². The minimum atomic E-state index is 0.530. The average molecular weight is 224 g/mol. The summed E-state index contributed by atoms with van der Waals surface area (Å²) in [7, 11) is 0. The molecule has 1 nitrogen and oxygen atoms in total. The number of hydrogen-bond acceptors (Lipinski definition) is 1. The van der Waals surface area contributed by atoms with Gasteiger partial charge in [-0.25, -0.2) is 0 Å². The fourth-order valence-corrected chi connectivity index (χ4v) is 2.31. The van der Waals surface area contributed by atoms with Gasteiger partial charge >= 0.3 is 0 Å². The molecule has 0 saturated carbocycles. The van der Waals surface area contributed by atoms with Crippen molar-refractivity contribution in [3.05, 3.63) is 34.9 Å². The Bertz CT molecular complexity index is 286. The van der Waals surface area contributed by atoms with Crippen LogP contribution < -0.4 is 5.32 Å². The molecule has 1 aromatic rings. The molecule has 1 unspecified atom stereocenters. The first-order valence-corrected chi connectivity index (χ1v) is 6.23. The zero-order valence-electron chi connectivity index (χ0n) is 9.01. The Morgan fingerprint density at radius 2 is 1.73 bits per heavy atom. The number of halogens is 1. The highest BCUT2D eigenvalue weighted by Gasteiger charge is 2.12. The molecular weight excluding hydrogens is 206 g/mol. The molecule has 0 aromatic heterocycles. The monoisotopic (exact) mass is 223 g/mol. The molecular formula is C13H18ClN. The molecule has 2 rings (SSSR count). The first-order valence-electron chi connectivity index (χ1n) is 5.85. The summed E-state index contributed by atoms with van der Waals surface area (Å²) >= 11 is 5.89. The van der Waals surface area contributed by atoms with E-state index in [-0.39, 0.29) is 0 Å². The van der Waals surface area contributed by atoms with Gasteiger partial charge in [0.15, 0.2) is 0 Å². The van der Waals surface area contributed by atoms with Crippen LogP contribution in [0.5, 0.6) is 0 Å². The van der Waals surface area contributed by atoms with E-state index in [4.69, 9.17) is 11.6 Å². The quantitative estimate of drug-likeness (QED) is 0.761. The fraction of sp³-hybridized carbons (Fsp3) is 0.538. The topological polar surface area (TPSA) is 12.0 Å². The molecule has 82 valence electrons. The molecule has 1 heterocycles. The second-order valence-electron chi connectivity index (χ2n) is 4.26. The molecule has 2 heteroatoms. The molecule has 15 heavy (non-hydrogen) atoms. The summed E-state index contributed by atoms with van der Waals surface area (Å²) in [5.41, 5.74) is 1.38. The fourth-order valence-electron chi connectivity index (χ4n) is 2.18. The summed E-state index contributed by atoms with van der Waals surface area (Å²) in [5, 5.41) is 4.44. The van der Waals surface area contributed by atoms with E-state index in [0.717, 1.165) is 11.6 Å². The van der Waals surface area contributed by atoms with Crippen LogP contribution in [0.4, 0.5) is 0 Å². The molecule has 1 aromatic carbocycles. The third kappa shape index (κ3) is 3.22. The van der Waals surface area contributed by atoms with Gasteiger partial charge < -0.3 is 5.32 Å². The van der Waals surface area contributed by atoms with Crippen molar-refractivity contribution in [2.75, 3.05) is 6.54 Å². The van der Waals surface area contributed by atoms with Crippen LogP contribution in [-0.4, -0.2) is 6.54 Å². The Labute approximate surface area is 96.8 Å². The largest absolute Gasteiger partial charge is 0.310 e. The molecule has 1 N–H and O–H groups in total. The van der Waals surface area contributed by atoms with Gasteiger partial charge in [0.2, 0.25) is 0 Å². The predicted molar refractivity (Wildman–Crippen MR) is 65.3 cm³/mol. The summed E-state index contributed by atoms with van der Waals surface area (Å²) in [6.45, 7) is 1.15. The van der Waals surface area contributed by atoms with Crippen LogP contribution in [0.1, 0.15) is 43.7 Å². The van der Waals surface area contributed by atoms with Crippen molar-refractivity contribution in [2.24, 2.45) is 0 Å². The Morgan fingerprint density at radius 1 is 1.00 bits per heavy atom. The lowest BCUT2D eigenvalue weighted by Gasteiger charge is -2.21. The summed E-state index contributed by atoms with van der Waals surface area (Å²) in [6.07, 6.45) is 6.65. The molecule has 1 saturated heterocycles. The van der Waals surface area contributed by atoms with Gasteiger partial charge in [0.1, 0.15) is 0 Å². The number of hydrogen-bond donors (Lipinski definition) is 1. The maximum atomic E-state index is 5.89. The van der Waals surface area contributed by atoms with E-state index in [2.05, 4.69) is 17.4 Å². The molecule has 0 radical (unpaired) electrons. The number of rotatable bonds is 1. The van der Waals surface area contributed by atoms with E-state index in [1.54, 1.807) is 0 Å². The van der Waals surface area contributed by atoms with Crippen molar-refractivity contribution >= 4 is 11.6 Å². The van der Waals surface area contributed by atoms with Crippen molar-refractivity contribution in [1.82, 2.24) is 5.32 Å². The first kappa shape index (κ1) is 11.0. The van der Waals surface area contributed by atoms with Crippen LogP contribution in [0.3, 0.4) is 0 Å². The van der Waals surface area contributed by atoms with Gasteiger partial charge in [-0.3, -0.25) is 0 Å². The van der Waals surface area contributed by atoms with Crippen LogP contribution in [0, 0.1) is 0 Å². The standard InChI is InChI=1S/C13H18ClN/c14-12-8-6-11(7-9-12)13-5-3-1-2-4-10-15-13/h6-9,13,15H,1-5,10H2. The lowest BCUT2D eigenvalue weighted by molar-refractivity contribution is 0.427. The second-order valence-corrected chi connectivity index (χ2v) is 4.70. The maximum Gasteiger partial charge on any atom is 0.0406 e. The lowest BCUT2D eigenvalue weighted by atomic mass is 9.98. The zero-order valence-corrected chi connectivity index (χ0v) is 9.76. The van der Waals surface area contributed by atoms with Gasteiger partial charge in [-0.2, -0.15) is 0 Å². The van der Waals surface area contributed by atoms with Crippen molar-refractivity contribution in [1.29, 1.82) is 0 Å². The van der Waals surface area contributed by atoms with E-state index >= 15 is 0 Å². The highest BCUT2D eigenvalue weighted by atomic mass is 35.5. The lowest BCUT2D eigenvalue weighted by Crippen LogP contribution is -2.23. The molecule has 0 bridgehead atoms. The van der Waals surface area contributed by atoms with Crippen LogP contribution in [0.2, 0.25) is 5.02 Å². The Morgan fingerprint density at radius 3 is 2.53 bits per heavy atom. The van der Waals surface area contributed by atoms with Gasteiger partial charge in [0, 0.05) is 11.1 Å². The SMILES string of the molecule is Clc1ccc(C2CCCCCCN2)cc1. The average Bonchev–Trinajstić information content (AvgIpc) is 2.19. The molecule has 1 aliphatic heterocycles. The summed E-state index contributed by atoms with van der Waals surface area (Å²) < 4.78 is 0. The van der Waals surface area contributed by atoms with E-state index in [1.807, 2.05) is 12.1 Å². The van der Waals surface area contributed by atoms with Crippen molar-refractivity contribution < 1.29 is 0 Å². The third-order valence-electron chi connectivity index (χ3n) is 3.08. The highest BCUT2D eigenvalue weighted by Crippen LogP contribution is 2.23. The van der Waals surface area contributed by atoms with Crippen LogP contribution in [0.25, 0.3) is 0 Å². The van der Waals surface area contributed by atoms with E-state index in [9.17, 15) is 0 Å². The van der Waals surface area contributed by atoms with Gasteiger partial charge in [-0.05, 0) is 37.1 Å². The zero-order chi connectivity index (χ0) is 10.5. The molecule has 1 atom stereocenters. The Kier molecular flexibility index (Phi) is 4.04. The van der Waals surface area contributed by atoms with Gasteiger partial charge in [0.05, 0.1) is 0 Å². The summed E-state index contributed by atoms with van der Waals surface area (Å²) in [4.78, 5) is 0. The van der Waals surface area contributed by atoms with Crippen molar-refractivity contribution in [2.45, 2.75) is 38.1 Å². The second kappa shape index (κ2) is 5.53. The minimum absolute atomic E-state index is 0.530. The molecule has 1 aliphatic rings. The smallest absolute Gasteiger partial charge is 0.0406 e. The maximum absolute atomic E-state index is 5.89. The van der Waals surface area contributed by atoms with Gasteiger partial charge in [0.25, 0.3) is 0 Å². The molecule has 1 fully saturated rings. The Balaban J connectivity index is 2.03. The van der Waals surface area contributed by atoms with Gasteiger partial charge in [-0.1, -0.05) is 43.0 Å². The minimum Gasteiger partial charge on any atom is -0.310 e. The molecule has 0 amide bonds. The van der Waals surface area contributed by atoms with Gasteiger partial charge in [-0.15, -0.1) is 0 Å². The van der Waals surface area contributed by atoms with Crippen LogP contribution >= 0.6 is 11.6 Å². The number of nitrogens with one attached hydrogen (secondary N) is 1.